The van der Waals surface area contributed by atoms with E-state index in [0.717, 1.165) is 58.2 Å². The average Bonchev–Trinajstić information content (AvgIpc) is 2.76. The Labute approximate surface area is 190 Å². The van der Waals surface area contributed by atoms with Gasteiger partial charge < -0.3 is 9.80 Å². The minimum absolute atomic E-state index is 0.178. The van der Waals surface area contributed by atoms with Gasteiger partial charge in [-0.05, 0) is 36.5 Å². The molecule has 1 saturated heterocycles. The molecule has 1 saturated carbocycles. The van der Waals surface area contributed by atoms with Crippen molar-refractivity contribution in [1.29, 1.82) is 0 Å². The maximum atomic E-state index is 12.4. The minimum Gasteiger partial charge on any atom is -0.340 e. The van der Waals surface area contributed by atoms with Crippen molar-refractivity contribution in [2.75, 3.05) is 45.8 Å². The summed E-state index contributed by atoms with van der Waals surface area (Å²) < 4.78 is 0. The van der Waals surface area contributed by atoms with E-state index in [1.807, 2.05) is 9.80 Å². The fourth-order valence-corrected chi connectivity index (χ4v) is 5.74. The van der Waals surface area contributed by atoms with Crippen LogP contribution in [0.3, 0.4) is 0 Å². The van der Waals surface area contributed by atoms with Gasteiger partial charge in [-0.25, -0.2) is 0 Å². The van der Waals surface area contributed by atoms with Gasteiger partial charge >= 0.3 is 0 Å². The van der Waals surface area contributed by atoms with E-state index in [1.54, 1.807) is 6.92 Å². The van der Waals surface area contributed by atoms with Gasteiger partial charge in [0.2, 0.25) is 11.8 Å². The number of unbranched alkanes of at least 4 members (excludes halogenated alkanes) is 4. The topological polar surface area (TPSA) is 43.9 Å². The molecule has 4 aliphatic rings. The van der Waals surface area contributed by atoms with Crippen LogP contribution < -0.4 is 0 Å². The van der Waals surface area contributed by atoms with Crippen molar-refractivity contribution in [3.8, 4) is 0 Å². The maximum absolute atomic E-state index is 12.4. The molecule has 1 heterocycles. The van der Waals surface area contributed by atoms with Crippen molar-refractivity contribution in [2.45, 2.75) is 79.1 Å². The van der Waals surface area contributed by atoms with Crippen molar-refractivity contribution >= 4 is 11.8 Å². The summed E-state index contributed by atoms with van der Waals surface area (Å²) in [5.41, 5.74) is 1.89. The molecule has 5 nitrogen and oxygen atoms in total. The summed E-state index contributed by atoms with van der Waals surface area (Å²) >= 11 is 0. The number of amides is 2. The highest BCUT2D eigenvalue weighted by molar-refractivity contribution is 5.76. The number of rotatable bonds is 11. The fourth-order valence-electron chi connectivity index (χ4n) is 5.74. The van der Waals surface area contributed by atoms with E-state index in [-0.39, 0.29) is 5.91 Å². The maximum Gasteiger partial charge on any atom is 0.222 e. The molecule has 3 aliphatic carbocycles. The monoisotopic (exact) mass is 431 g/mol. The number of carbonyl (C=O) groups excluding carboxylic acids is 2. The third-order valence-electron chi connectivity index (χ3n) is 8.31. The molecule has 5 heteroatoms. The Morgan fingerprint density at radius 3 is 2.42 bits per heavy atom. The Hall–Kier alpha value is -1.36. The second kappa shape index (κ2) is 11.0. The molecule has 2 amide bonds. The zero-order chi connectivity index (χ0) is 22.4. The number of piperazine rings is 1. The van der Waals surface area contributed by atoms with Crippen molar-refractivity contribution in [1.82, 2.24) is 14.7 Å². The molecular formula is C26H45N3O2. The highest BCUT2D eigenvalue weighted by Gasteiger charge is 2.51. The third kappa shape index (κ3) is 6.12. The van der Waals surface area contributed by atoms with Gasteiger partial charge in [0.1, 0.15) is 0 Å². The highest BCUT2D eigenvalue weighted by Crippen LogP contribution is 2.59. The second-order valence-electron chi connectivity index (χ2n) is 10.6. The predicted molar refractivity (Wildman–Crippen MR) is 127 cm³/mol. The van der Waals surface area contributed by atoms with Crippen LogP contribution in [0.2, 0.25) is 0 Å². The molecule has 4 rings (SSSR count). The van der Waals surface area contributed by atoms with Gasteiger partial charge in [0.15, 0.2) is 0 Å². The van der Waals surface area contributed by atoms with E-state index in [4.69, 9.17) is 0 Å². The van der Waals surface area contributed by atoms with Crippen LogP contribution in [0.4, 0.5) is 0 Å². The Bertz CT molecular complexity index is 649. The van der Waals surface area contributed by atoms with Gasteiger partial charge in [-0.2, -0.15) is 0 Å². The highest BCUT2D eigenvalue weighted by atomic mass is 16.2. The summed E-state index contributed by atoms with van der Waals surface area (Å²) in [7, 11) is 0. The lowest BCUT2D eigenvalue weighted by atomic mass is 9.49. The quantitative estimate of drug-likeness (QED) is 0.361. The predicted octanol–water partition coefficient (Wildman–Crippen LogP) is 4.33. The van der Waals surface area contributed by atoms with Crippen molar-refractivity contribution in [3.63, 3.8) is 0 Å². The molecule has 0 aromatic heterocycles. The summed E-state index contributed by atoms with van der Waals surface area (Å²) in [4.78, 5) is 31.3. The number of fused-ring (bicyclic) bond motifs is 1. The van der Waals surface area contributed by atoms with Crippen molar-refractivity contribution < 1.29 is 9.59 Å². The largest absolute Gasteiger partial charge is 0.340 e. The molecular weight excluding hydrogens is 386 g/mol. The summed E-state index contributed by atoms with van der Waals surface area (Å²) in [5.74, 6) is 2.00. The molecule has 0 radical (unpaired) electrons. The molecule has 0 spiro atoms. The molecule has 2 unspecified atom stereocenters. The van der Waals surface area contributed by atoms with Gasteiger partial charge in [-0.3, -0.25) is 14.5 Å². The standard InChI is InChI=1S/C26H45N3O2/c1-5-6-7-8-9-10-25(31)28-16-13-27(14-17-28)15-18-29(21(2)30)20-22-11-12-23-19-24(22)26(23,3)4/h11,23-24H,5-10,12-20H2,1-4H3. The first-order chi connectivity index (χ1) is 14.8. The summed E-state index contributed by atoms with van der Waals surface area (Å²) in [6, 6.07) is 0. The zero-order valence-corrected chi connectivity index (χ0v) is 20.5. The Morgan fingerprint density at radius 2 is 1.81 bits per heavy atom. The minimum atomic E-state index is 0.178. The Morgan fingerprint density at radius 1 is 1.10 bits per heavy atom. The van der Waals surface area contributed by atoms with Crippen molar-refractivity contribution in [2.24, 2.45) is 17.3 Å². The molecule has 0 aromatic carbocycles. The lowest BCUT2D eigenvalue weighted by Gasteiger charge is -2.57. The normalized spacial score (nSPS) is 25.0. The lowest BCUT2D eigenvalue weighted by molar-refractivity contribution is -0.133. The SMILES string of the molecule is CCCCCCCC(=O)N1CCN(CCN(CC2=CCC3CC2C3(C)C)C(C)=O)CC1. The molecule has 31 heavy (non-hydrogen) atoms. The molecule has 2 fully saturated rings. The summed E-state index contributed by atoms with van der Waals surface area (Å²) in [6.45, 7) is 14.7. The van der Waals surface area contributed by atoms with Crippen molar-refractivity contribution in [3.05, 3.63) is 11.6 Å². The molecule has 176 valence electrons. The number of carbonyl (C=O) groups is 2. The van der Waals surface area contributed by atoms with E-state index in [2.05, 4.69) is 31.7 Å². The van der Waals surface area contributed by atoms with Gasteiger partial charge in [0.25, 0.3) is 0 Å². The molecule has 1 aliphatic heterocycles. The van der Waals surface area contributed by atoms with Gasteiger partial charge in [-0.15, -0.1) is 0 Å². The van der Waals surface area contributed by atoms with Crippen LogP contribution >= 0.6 is 0 Å². The van der Waals surface area contributed by atoms with Crippen LogP contribution in [0, 0.1) is 17.3 Å². The average molecular weight is 432 g/mol. The lowest BCUT2D eigenvalue weighted by Crippen LogP contribution is -2.52. The molecule has 2 atom stereocenters. The summed E-state index contributed by atoms with van der Waals surface area (Å²) in [5, 5.41) is 0. The van der Waals surface area contributed by atoms with Gasteiger partial charge in [-0.1, -0.05) is 58.1 Å². The third-order valence-corrected chi connectivity index (χ3v) is 8.31. The molecule has 2 bridgehead atoms. The molecule has 0 N–H and O–H groups in total. The van der Waals surface area contributed by atoms with Crippen LogP contribution in [0.15, 0.2) is 11.6 Å². The van der Waals surface area contributed by atoms with Crippen LogP contribution in [0.5, 0.6) is 0 Å². The van der Waals surface area contributed by atoms with E-state index >= 15 is 0 Å². The van der Waals surface area contributed by atoms with Gasteiger partial charge in [0, 0.05) is 59.2 Å². The van der Waals surface area contributed by atoms with E-state index < -0.39 is 0 Å². The Kier molecular flexibility index (Phi) is 8.60. The summed E-state index contributed by atoms with van der Waals surface area (Å²) in [6.07, 6.45) is 11.6. The number of hydrogen-bond donors (Lipinski definition) is 0. The second-order valence-corrected chi connectivity index (χ2v) is 10.6. The van der Waals surface area contributed by atoms with Gasteiger partial charge in [0.05, 0.1) is 0 Å². The zero-order valence-electron chi connectivity index (χ0n) is 20.5. The first-order valence-electron chi connectivity index (χ1n) is 12.8. The molecule has 0 aromatic rings. The van der Waals surface area contributed by atoms with E-state index in [0.29, 0.717) is 23.7 Å². The first kappa shape index (κ1) is 24.3. The number of nitrogens with zero attached hydrogens (tertiary/aromatic N) is 3. The van der Waals surface area contributed by atoms with E-state index in [1.165, 1.54) is 44.1 Å². The van der Waals surface area contributed by atoms with Crippen LogP contribution in [0.1, 0.15) is 79.1 Å². The number of hydrogen-bond acceptors (Lipinski definition) is 3. The van der Waals surface area contributed by atoms with Crippen LogP contribution in [-0.2, 0) is 9.59 Å². The van der Waals surface area contributed by atoms with Crippen LogP contribution in [0.25, 0.3) is 0 Å². The first-order valence-corrected chi connectivity index (χ1v) is 12.8. The number of allylic oxidation sites excluding steroid dienone is 1. The fraction of sp³-hybridized carbons (Fsp3) is 0.846. The smallest absolute Gasteiger partial charge is 0.222 e. The van der Waals surface area contributed by atoms with Crippen LogP contribution in [-0.4, -0.2) is 72.3 Å². The van der Waals surface area contributed by atoms with E-state index in [9.17, 15) is 9.59 Å². The Balaban J connectivity index is 1.37.